The van der Waals surface area contributed by atoms with Crippen LogP contribution in [0, 0.1) is 5.92 Å². The van der Waals surface area contributed by atoms with E-state index in [9.17, 15) is 4.79 Å². The van der Waals surface area contributed by atoms with Crippen LogP contribution in [-0.2, 0) is 4.79 Å². The monoisotopic (exact) mass is 306 g/mol. The van der Waals surface area contributed by atoms with Crippen LogP contribution in [0.1, 0.15) is 110 Å². The first-order chi connectivity index (χ1) is 10.8. The summed E-state index contributed by atoms with van der Waals surface area (Å²) in [4.78, 5) is 12.1. The second-order valence-electron chi connectivity index (χ2n) is 7.15. The zero-order valence-electron chi connectivity index (χ0n) is 15.2. The number of ketones is 1. The Balaban J connectivity index is 2.07. The molecule has 0 bridgehead atoms. The summed E-state index contributed by atoms with van der Waals surface area (Å²) >= 11 is 0. The number of allylic oxidation sites excluding steroid dienone is 2. The van der Waals surface area contributed by atoms with Gasteiger partial charge in [0.05, 0.1) is 0 Å². The fraction of sp³-hybridized carbons (Fsp3) is 0.857. The molecule has 0 aromatic carbocycles. The van der Waals surface area contributed by atoms with E-state index in [0.717, 1.165) is 18.4 Å². The highest BCUT2D eigenvalue weighted by atomic mass is 16.1. The Labute approximate surface area is 139 Å². The molecule has 0 heterocycles. The van der Waals surface area contributed by atoms with Crippen molar-refractivity contribution in [3.05, 3.63) is 11.6 Å². The van der Waals surface area contributed by atoms with E-state index < -0.39 is 0 Å². The smallest absolute Gasteiger partial charge is 0.159 e. The Kier molecular flexibility index (Phi) is 11.4. The average molecular weight is 307 g/mol. The molecule has 0 radical (unpaired) electrons. The molecule has 0 spiro atoms. The summed E-state index contributed by atoms with van der Waals surface area (Å²) in [6, 6.07) is 0. The molecular formula is C21H38O. The summed E-state index contributed by atoms with van der Waals surface area (Å²) in [6.07, 6.45) is 21.4. The third-order valence-corrected chi connectivity index (χ3v) is 4.97. The lowest BCUT2D eigenvalue weighted by molar-refractivity contribution is -0.115. The minimum absolute atomic E-state index is 0.449. The first-order valence-electron chi connectivity index (χ1n) is 10.0. The van der Waals surface area contributed by atoms with Gasteiger partial charge in [0, 0.05) is 6.42 Å². The molecule has 1 unspecified atom stereocenters. The molecule has 0 amide bonds. The highest BCUT2D eigenvalue weighted by Gasteiger charge is 2.22. The lowest BCUT2D eigenvalue weighted by Gasteiger charge is -2.05. The summed E-state index contributed by atoms with van der Waals surface area (Å²) in [5.41, 5.74) is 1.16. The highest BCUT2D eigenvalue weighted by Crippen LogP contribution is 2.29. The molecule has 1 atom stereocenters. The maximum absolute atomic E-state index is 12.1. The Bertz CT molecular complexity index is 316. The van der Waals surface area contributed by atoms with Gasteiger partial charge < -0.3 is 0 Å². The van der Waals surface area contributed by atoms with Gasteiger partial charge in [-0.3, -0.25) is 4.79 Å². The standard InChI is InChI=1S/C21H38O/c1-3-5-7-9-11-13-15-19-17-20(21(22)18-19)16-14-12-10-8-6-4-2/h17,19H,3-16,18H2,1-2H3. The van der Waals surface area contributed by atoms with Crippen molar-refractivity contribution in [1.29, 1.82) is 0 Å². The summed E-state index contributed by atoms with van der Waals surface area (Å²) < 4.78 is 0. The van der Waals surface area contributed by atoms with Gasteiger partial charge in [-0.05, 0) is 30.8 Å². The van der Waals surface area contributed by atoms with Crippen molar-refractivity contribution >= 4 is 5.78 Å². The van der Waals surface area contributed by atoms with Crippen molar-refractivity contribution in [2.45, 2.75) is 110 Å². The lowest BCUT2D eigenvalue weighted by atomic mass is 10.00. The quantitative estimate of drug-likeness (QED) is 0.316. The van der Waals surface area contributed by atoms with Crippen molar-refractivity contribution in [1.82, 2.24) is 0 Å². The maximum Gasteiger partial charge on any atom is 0.159 e. The number of carbonyl (C=O) groups excluding carboxylic acids is 1. The van der Waals surface area contributed by atoms with Crippen LogP contribution in [0.3, 0.4) is 0 Å². The van der Waals surface area contributed by atoms with Gasteiger partial charge in [-0.25, -0.2) is 0 Å². The normalized spacial score (nSPS) is 18.0. The largest absolute Gasteiger partial charge is 0.295 e. The topological polar surface area (TPSA) is 17.1 Å². The molecule has 1 heteroatoms. The molecule has 0 aliphatic heterocycles. The molecule has 1 nitrogen and oxygen atoms in total. The van der Waals surface area contributed by atoms with Gasteiger partial charge in [0.1, 0.15) is 0 Å². The predicted octanol–water partition coefficient (Wildman–Crippen LogP) is 7.00. The number of hydrogen-bond donors (Lipinski definition) is 0. The van der Waals surface area contributed by atoms with Gasteiger partial charge >= 0.3 is 0 Å². The van der Waals surface area contributed by atoms with Crippen molar-refractivity contribution in [3.8, 4) is 0 Å². The Morgan fingerprint density at radius 1 is 0.818 bits per heavy atom. The van der Waals surface area contributed by atoms with Gasteiger partial charge in [0.2, 0.25) is 0 Å². The van der Waals surface area contributed by atoms with E-state index in [1.165, 1.54) is 83.5 Å². The summed E-state index contributed by atoms with van der Waals surface area (Å²) in [7, 11) is 0. The maximum atomic E-state index is 12.1. The van der Waals surface area contributed by atoms with Crippen LogP contribution >= 0.6 is 0 Å². The van der Waals surface area contributed by atoms with Crippen molar-refractivity contribution in [2.75, 3.05) is 0 Å². The summed E-state index contributed by atoms with van der Waals surface area (Å²) in [5, 5.41) is 0. The zero-order chi connectivity index (χ0) is 16.0. The molecule has 1 aliphatic carbocycles. The van der Waals surface area contributed by atoms with Gasteiger partial charge in [0.15, 0.2) is 5.78 Å². The highest BCUT2D eigenvalue weighted by molar-refractivity contribution is 5.97. The van der Waals surface area contributed by atoms with Crippen molar-refractivity contribution in [2.24, 2.45) is 5.92 Å². The third kappa shape index (κ3) is 8.76. The molecular weight excluding hydrogens is 268 g/mol. The van der Waals surface area contributed by atoms with Gasteiger partial charge in [0.25, 0.3) is 0 Å². The molecule has 1 rings (SSSR count). The predicted molar refractivity (Wildman–Crippen MR) is 97.2 cm³/mol. The van der Waals surface area contributed by atoms with Crippen LogP contribution in [0.25, 0.3) is 0 Å². The second-order valence-corrected chi connectivity index (χ2v) is 7.15. The minimum Gasteiger partial charge on any atom is -0.295 e. The molecule has 128 valence electrons. The number of rotatable bonds is 14. The Morgan fingerprint density at radius 3 is 2.00 bits per heavy atom. The number of hydrogen-bond acceptors (Lipinski definition) is 1. The fourth-order valence-corrected chi connectivity index (χ4v) is 3.50. The molecule has 0 aromatic heterocycles. The first-order valence-corrected chi connectivity index (χ1v) is 10.0. The van der Waals surface area contributed by atoms with E-state index in [0.29, 0.717) is 11.7 Å². The van der Waals surface area contributed by atoms with E-state index in [1.54, 1.807) is 0 Å². The molecule has 0 fully saturated rings. The molecule has 0 saturated carbocycles. The molecule has 1 aliphatic rings. The summed E-state index contributed by atoms with van der Waals surface area (Å²) in [5.74, 6) is 1.01. The van der Waals surface area contributed by atoms with Gasteiger partial charge in [-0.15, -0.1) is 0 Å². The SMILES string of the molecule is CCCCCCCCC1=CC(CCCCCCCC)CC1=O. The molecule has 0 aromatic rings. The second kappa shape index (κ2) is 12.9. The minimum atomic E-state index is 0.449. The van der Waals surface area contributed by atoms with Crippen molar-refractivity contribution < 1.29 is 4.79 Å². The van der Waals surface area contributed by atoms with Crippen LogP contribution in [0.4, 0.5) is 0 Å². The Morgan fingerprint density at radius 2 is 1.36 bits per heavy atom. The molecule has 22 heavy (non-hydrogen) atoms. The van der Waals surface area contributed by atoms with E-state index in [1.807, 2.05) is 0 Å². The van der Waals surface area contributed by atoms with Crippen LogP contribution in [0.15, 0.2) is 11.6 Å². The van der Waals surface area contributed by atoms with E-state index >= 15 is 0 Å². The van der Waals surface area contributed by atoms with E-state index in [4.69, 9.17) is 0 Å². The fourth-order valence-electron chi connectivity index (χ4n) is 3.50. The lowest BCUT2D eigenvalue weighted by Crippen LogP contribution is -1.99. The van der Waals surface area contributed by atoms with Crippen molar-refractivity contribution in [3.63, 3.8) is 0 Å². The average Bonchev–Trinajstić information content (AvgIpc) is 2.86. The van der Waals surface area contributed by atoms with E-state index in [2.05, 4.69) is 19.9 Å². The molecule has 0 N–H and O–H groups in total. The third-order valence-electron chi connectivity index (χ3n) is 4.97. The van der Waals surface area contributed by atoms with Crippen LogP contribution < -0.4 is 0 Å². The van der Waals surface area contributed by atoms with Gasteiger partial charge in [-0.2, -0.15) is 0 Å². The van der Waals surface area contributed by atoms with E-state index in [-0.39, 0.29) is 0 Å². The van der Waals surface area contributed by atoms with Crippen LogP contribution in [0.2, 0.25) is 0 Å². The number of unbranched alkanes of at least 4 members (excludes halogenated alkanes) is 10. The molecule has 0 saturated heterocycles. The first kappa shape index (κ1) is 19.5. The Hall–Kier alpha value is -0.590. The zero-order valence-corrected chi connectivity index (χ0v) is 15.2. The number of Topliss-reactive ketones (excluding diaryl/α,β-unsaturated/α-hetero) is 1. The summed E-state index contributed by atoms with van der Waals surface area (Å²) in [6.45, 7) is 4.52. The van der Waals surface area contributed by atoms with Crippen LogP contribution in [-0.4, -0.2) is 5.78 Å². The van der Waals surface area contributed by atoms with Gasteiger partial charge in [-0.1, -0.05) is 90.6 Å². The number of carbonyl (C=O) groups is 1. The van der Waals surface area contributed by atoms with Crippen LogP contribution in [0.5, 0.6) is 0 Å².